The Kier molecular flexibility index (Phi) is 4.37. The van der Waals surface area contributed by atoms with Crippen molar-refractivity contribution in [3.05, 3.63) is 48.0 Å². The molecule has 0 atom stereocenters. The molecule has 124 valence electrons. The number of fused-ring (bicyclic) bond motifs is 1. The van der Waals surface area contributed by atoms with E-state index < -0.39 is 0 Å². The number of benzene rings is 2. The number of carbonyl (C=O) groups is 2. The van der Waals surface area contributed by atoms with Gasteiger partial charge in [0.05, 0.1) is 18.4 Å². The number of hydrogen-bond acceptors (Lipinski definition) is 4. The standard InChI is InChI=1S/C18H18N2O4/c1-3-20-14-10-12(8-9-16(14)24-11-17(20)21)19-18(22)13-6-4-5-7-15(13)23-2/h4-10H,3,11H2,1-2H3,(H,19,22). The normalized spacial score (nSPS) is 13.1. The quantitative estimate of drug-likeness (QED) is 0.938. The van der Waals surface area contributed by atoms with Gasteiger partial charge >= 0.3 is 0 Å². The Balaban J connectivity index is 1.87. The molecule has 6 heteroatoms. The van der Waals surface area contributed by atoms with Crippen molar-refractivity contribution in [2.24, 2.45) is 0 Å². The second-order valence-corrected chi connectivity index (χ2v) is 5.26. The lowest BCUT2D eigenvalue weighted by Gasteiger charge is -2.28. The van der Waals surface area contributed by atoms with E-state index in [0.717, 1.165) is 0 Å². The largest absolute Gasteiger partial charge is 0.496 e. The first-order valence-electron chi connectivity index (χ1n) is 7.65. The topological polar surface area (TPSA) is 67.9 Å². The van der Waals surface area contributed by atoms with Crippen LogP contribution in [0.3, 0.4) is 0 Å². The third kappa shape index (κ3) is 2.90. The molecule has 24 heavy (non-hydrogen) atoms. The van der Waals surface area contributed by atoms with Crippen molar-refractivity contribution in [2.75, 3.05) is 30.5 Å². The minimum Gasteiger partial charge on any atom is -0.496 e. The van der Waals surface area contributed by atoms with Gasteiger partial charge in [0.1, 0.15) is 11.5 Å². The highest BCUT2D eigenvalue weighted by Gasteiger charge is 2.24. The van der Waals surface area contributed by atoms with Crippen molar-refractivity contribution in [3.63, 3.8) is 0 Å². The molecule has 0 saturated carbocycles. The van der Waals surface area contributed by atoms with Crippen LogP contribution in [0.2, 0.25) is 0 Å². The predicted octanol–water partition coefficient (Wildman–Crippen LogP) is 2.69. The summed E-state index contributed by atoms with van der Waals surface area (Å²) in [6.07, 6.45) is 0. The minimum absolute atomic E-state index is 0.0355. The van der Waals surface area contributed by atoms with Gasteiger partial charge in [-0.2, -0.15) is 0 Å². The van der Waals surface area contributed by atoms with Gasteiger partial charge in [-0.3, -0.25) is 9.59 Å². The molecule has 0 fully saturated rings. The van der Waals surface area contributed by atoms with Gasteiger partial charge in [0.25, 0.3) is 11.8 Å². The third-order valence-electron chi connectivity index (χ3n) is 3.83. The average molecular weight is 326 g/mol. The second kappa shape index (κ2) is 6.62. The zero-order valence-corrected chi connectivity index (χ0v) is 13.5. The maximum absolute atomic E-state index is 12.5. The number of amides is 2. The van der Waals surface area contributed by atoms with E-state index in [1.54, 1.807) is 47.4 Å². The van der Waals surface area contributed by atoms with Crippen LogP contribution in [-0.4, -0.2) is 32.1 Å². The Morgan fingerprint density at radius 1 is 1.29 bits per heavy atom. The molecule has 0 radical (unpaired) electrons. The number of ether oxygens (including phenoxy) is 2. The van der Waals surface area contributed by atoms with Gasteiger partial charge in [-0.15, -0.1) is 0 Å². The second-order valence-electron chi connectivity index (χ2n) is 5.26. The lowest BCUT2D eigenvalue weighted by Crippen LogP contribution is -2.38. The molecule has 0 aliphatic carbocycles. The molecule has 2 aromatic rings. The SMILES string of the molecule is CCN1C(=O)COc2ccc(NC(=O)c3ccccc3OC)cc21. The first kappa shape index (κ1) is 15.9. The summed E-state index contributed by atoms with van der Waals surface area (Å²) in [4.78, 5) is 26.0. The van der Waals surface area contributed by atoms with E-state index in [-0.39, 0.29) is 18.4 Å². The molecular weight excluding hydrogens is 308 g/mol. The van der Waals surface area contributed by atoms with Crippen molar-refractivity contribution in [3.8, 4) is 11.5 Å². The van der Waals surface area contributed by atoms with Gasteiger partial charge in [0.15, 0.2) is 6.61 Å². The number of rotatable bonds is 4. The minimum atomic E-state index is -0.279. The Morgan fingerprint density at radius 2 is 2.08 bits per heavy atom. The van der Waals surface area contributed by atoms with E-state index in [0.29, 0.717) is 35.0 Å². The van der Waals surface area contributed by atoms with Crippen LogP contribution in [0.25, 0.3) is 0 Å². The van der Waals surface area contributed by atoms with E-state index >= 15 is 0 Å². The Bertz CT molecular complexity index is 788. The average Bonchev–Trinajstić information content (AvgIpc) is 2.61. The van der Waals surface area contributed by atoms with Crippen LogP contribution in [0.15, 0.2) is 42.5 Å². The van der Waals surface area contributed by atoms with Crippen LogP contribution in [0.4, 0.5) is 11.4 Å². The van der Waals surface area contributed by atoms with E-state index in [2.05, 4.69) is 5.32 Å². The number of hydrogen-bond donors (Lipinski definition) is 1. The first-order valence-corrected chi connectivity index (χ1v) is 7.65. The molecular formula is C18H18N2O4. The fraction of sp³-hybridized carbons (Fsp3) is 0.222. The van der Waals surface area contributed by atoms with Gasteiger partial charge in [-0.05, 0) is 37.3 Å². The molecule has 0 aromatic heterocycles. The van der Waals surface area contributed by atoms with E-state index in [1.807, 2.05) is 6.92 Å². The number of methoxy groups -OCH3 is 1. The Morgan fingerprint density at radius 3 is 2.83 bits per heavy atom. The zero-order valence-electron chi connectivity index (χ0n) is 13.5. The first-order chi connectivity index (χ1) is 11.6. The fourth-order valence-corrected chi connectivity index (χ4v) is 2.66. The van der Waals surface area contributed by atoms with Gasteiger partial charge in [-0.25, -0.2) is 0 Å². The lowest BCUT2D eigenvalue weighted by molar-refractivity contribution is -0.121. The van der Waals surface area contributed by atoms with Gasteiger partial charge < -0.3 is 19.7 Å². The van der Waals surface area contributed by atoms with Crippen LogP contribution in [0, 0.1) is 0 Å². The summed E-state index contributed by atoms with van der Waals surface area (Å²) in [5.74, 6) is 0.755. The summed E-state index contributed by atoms with van der Waals surface area (Å²) in [5, 5.41) is 2.83. The van der Waals surface area contributed by atoms with Crippen molar-refractivity contribution < 1.29 is 19.1 Å². The summed E-state index contributed by atoms with van der Waals surface area (Å²) < 4.78 is 10.6. The number of para-hydroxylation sites is 1. The number of carbonyl (C=O) groups excluding carboxylic acids is 2. The molecule has 1 N–H and O–H groups in total. The van der Waals surface area contributed by atoms with Crippen LogP contribution in [-0.2, 0) is 4.79 Å². The van der Waals surface area contributed by atoms with E-state index in [4.69, 9.17) is 9.47 Å². The maximum Gasteiger partial charge on any atom is 0.265 e. The smallest absolute Gasteiger partial charge is 0.265 e. The Labute approximate surface area is 140 Å². The highest BCUT2D eigenvalue weighted by molar-refractivity contribution is 6.07. The van der Waals surface area contributed by atoms with Crippen LogP contribution < -0.4 is 19.7 Å². The fourth-order valence-electron chi connectivity index (χ4n) is 2.66. The van der Waals surface area contributed by atoms with Gasteiger partial charge in [0, 0.05) is 12.2 Å². The maximum atomic E-state index is 12.5. The van der Waals surface area contributed by atoms with Crippen molar-refractivity contribution in [1.82, 2.24) is 0 Å². The molecule has 1 aliphatic heterocycles. The van der Waals surface area contributed by atoms with Crippen molar-refractivity contribution in [2.45, 2.75) is 6.92 Å². The number of anilines is 2. The molecule has 0 unspecified atom stereocenters. The van der Waals surface area contributed by atoms with E-state index in [9.17, 15) is 9.59 Å². The number of nitrogens with zero attached hydrogens (tertiary/aromatic N) is 1. The zero-order chi connectivity index (χ0) is 17.1. The monoisotopic (exact) mass is 326 g/mol. The van der Waals surface area contributed by atoms with Crippen LogP contribution in [0.1, 0.15) is 17.3 Å². The summed E-state index contributed by atoms with van der Waals surface area (Å²) in [6, 6.07) is 12.2. The van der Waals surface area contributed by atoms with Gasteiger partial charge in [-0.1, -0.05) is 12.1 Å². The highest BCUT2D eigenvalue weighted by atomic mass is 16.5. The number of likely N-dealkylation sites (N-methyl/N-ethyl adjacent to an activating group) is 1. The highest BCUT2D eigenvalue weighted by Crippen LogP contribution is 2.34. The predicted molar refractivity (Wildman–Crippen MR) is 90.9 cm³/mol. The molecule has 3 rings (SSSR count). The van der Waals surface area contributed by atoms with Crippen molar-refractivity contribution >= 4 is 23.2 Å². The lowest BCUT2D eigenvalue weighted by atomic mass is 10.1. The molecule has 6 nitrogen and oxygen atoms in total. The summed E-state index contributed by atoms with van der Waals surface area (Å²) in [5.41, 5.74) is 1.69. The molecule has 0 spiro atoms. The Hall–Kier alpha value is -3.02. The molecule has 1 heterocycles. The summed E-state index contributed by atoms with van der Waals surface area (Å²) in [6.45, 7) is 2.47. The van der Waals surface area contributed by atoms with Gasteiger partial charge in [0.2, 0.25) is 0 Å². The van der Waals surface area contributed by atoms with Crippen LogP contribution in [0.5, 0.6) is 11.5 Å². The molecule has 2 amide bonds. The number of nitrogens with one attached hydrogen (secondary N) is 1. The third-order valence-corrected chi connectivity index (χ3v) is 3.83. The van der Waals surface area contributed by atoms with E-state index in [1.165, 1.54) is 7.11 Å². The summed E-state index contributed by atoms with van der Waals surface area (Å²) in [7, 11) is 1.52. The molecule has 0 saturated heterocycles. The summed E-state index contributed by atoms with van der Waals surface area (Å²) >= 11 is 0. The molecule has 1 aliphatic rings. The molecule has 2 aromatic carbocycles. The van der Waals surface area contributed by atoms with Crippen LogP contribution >= 0.6 is 0 Å². The van der Waals surface area contributed by atoms with Crippen molar-refractivity contribution in [1.29, 1.82) is 0 Å². The molecule has 0 bridgehead atoms.